The summed E-state index contributed by atoms with van der Waals surface area (Å²) < 4.78 is 7.68. The maximum atomic E-state index is 6.11. The Morgan fingerprint density at radius 2 is 2.24 bits per heavy atom. The van der Waals surface area contributed by atoms with E-state index in [1.54, 1.807) is 11.3 Å². The number of rotatable bonds is 3. The molecule has 1 atom stereocenters. The molecule has 5 heteroatoms. The van der Waals surface area contributed by atoms with Gasteiger partial charge in [0.25, 0.3) is 0 Å². The molecule has 0 saturated carbocycles. The zero-order valence-corrected chi connectivity index (χ0v) is 15.6. The maximum Gasteiger partial charge on any atom is 0.109 e. The van der Waals surface area contributed by atoms with Crippen LogP contribution in [0.5, 0.6) is 0 Å². The fourth-order valence-corrected chi connectivity index (χ4v) is 4.81. The normalized spacial score (nSPS) is 20.5. The lowest BCUT2D eigenvalue weighted by Crippen LogP contribution is -2.32. The van der Waals surface area contributed by atoms with Crippen molar-refractivity contribution in [1.82, 2.24) is 5.32 Å². The van der Waals surface area contributed by atoms with Crippen LogP contribution >= 0.6 is 38.9 Å². The van der Waals surface area contributed by atoms with Gasteiger partial charge in [0.2, 0.25) is 0 Å². The molecule has 0 bridgehead atoms. The van der Waals surface area contributed by atoms with E-state index in [1.807, 2.05) is 6.92 Å². The Kier molecular flexibility index (Phi) is 4.25. The molecule has 0 radical (unpaired) electrons. The summed E-state index contributed by atoms with van der Waals surface area (Å²) in [5, 5.41) is 3.67. The van der Waals surface area contributed by atoms with Crippen molar-refractivity contribution < 1.29 is 4.42 Å². The van der Waals surface area contributed by atoms with E-state index in [-0.39, 0.29) is 5.41 Å². The van der Waals surface area contributed by atoms with Gasteiger partial charge in [-0.25, -0.2) is 0 Å². The summed E-state index contributed by atoms with van der Waals surface area (Å²) in [7, 11) is 0. The number of hydrogen-bond acceptors (Lipinski definition) is 3. The van der Waals surface area contributed by atoms with Crippen LogP contribution in [0.25, 0.3) is 0 Å². The van der Waals surface area contributed by atoms with Gasteiger partial charge in [0.1, 0.15) is 15.9 Å². The lowest BCUT2D eigenvalue weighted by Gasteiger charge is -2.34. The largest absolute Gasteiger partial charge is 0.466 e. The van der Waals surface area contributed by atoms with E-state index < -0.39 is 0 Å². The van der Waals surface area contributed by atoms with Crippen LogP contribution in [-0.4, -0.2) is 0 Å². The summed E-state index contributed by atoms with van der Waals surface area (Å²) in [6.07, 6.45) is 2.14. The van der Waals surface area contributed by atoms with Crippen LogP contribution in [0.15, 0.2) is 21.0 Å². The average Bonchev–Trinajstić information content (AvgIpc) is 2.88. The van der Waals surface area contributed by atoms with E-state index in [1.165, 1.54) is 10.4 Å². The molecule has 114 valence electrons. The molecule has 0 spiro atoms. The summed E-state index contributed by atoms with van der Waals surface area (Å²) in [4.78, 5) is 1.25. The predicted molar refractivity (Wildman–Crippen MR) is 92.2 cm³/mol. The molecule has 1 unspecified atom stereocenters. The van der Waals surface area contributed by atoms with Gasteiger partial charge in [-0.05, 0) is 46.8 Å². The second-order valence-corrected chi connectivity index (χ2v) is 9.14. The third kappa shape index (κ3) is 3.39. The molecule has 0 amide bonds. The summed E-state index contributed by atoms with van der Waals surface area (Å²) in [6.45, 7) is 7.47. The predicted octanol–water partition coefficient (Wildman–Crippen LogP) is 5.87. The number of thiophene rings is 1. The molecule has 2 nitrogen and oxygen atoms in total. The molecule has 0 aliphatic heterocycles. The Morgan fingerprint density at radius 1 is 1.48 bits per heavy atom. The molecule has 1 aliphatic carbocycles. The van der Waals surface area contributed by atoms with Crippen molar-refractivity contribution in [3.63, 3.8) is 0 Å². The average molecular weight is 389 g/mol. The lowest BCUT2D eigenvalue weighted by atomic mass is 9.75. The molecule has 0 saturated heterocycles. The summed E-state index contributed by atoms with van der Waals surface area (Å²) in [6, 6.07) is 4.62. The van der Waals surface area contributed by atoms with Crippen molar-refractivity contribution in [1.29, 1.82) is 0 Å². The first-order chi connectivity index (χ1) is 9.84. The summed E-state index contributed by atoms with van der Waals surface area (Å²) in [5.41, 5.74) is 1.59. The fraction of sp³-hybridized carbons (Fsp3) is 0.500. The van der Waals surface area contributed by atoms with Crippen LogP contribution in [0.3, 0.4) is 0 Å². The van der Waals surface area contributed by atoms with Gasteiger partial charge in [-0.15, -0.1) is 11.3 Å². The van der Waals surface area contributed by atoms with Crippen LogP contribution in [0.2, 0.25) is 4.34 Å². The molecule has 1 aliphatic rings. The van der Waals surface area contributed by atoms with E-state index >= 15 is 0 Å². The highest BCUT2D eigenvalue weighted by atomic mass is 79.9. The van der Waals surface area contributed by atoms with Gasteiger partial charge in [-0.1, -0.05) is 25.4 Å². The van der Waals surface area contributed by atoms with E-state index in [4.69, 9.17) is 16.0 Å². The molecular weight excluding hydrogens is 370 g/mol. The molecule has 3 rings (SSSR count). The van der Waals surface area contributed by atoms with Gasteiger partial charge in [0, 0.05) is 33.9 Å². The van der Waals surface area contributed by atoms with E-state index in [2.05, 4.69) is 47.2 Å². The number of halogens is 2. The first-order valence-corrected chi connectivity index (χ1v) is 9.09. The van der Waals surface area contributed by atoms with E-state index in [0.29, 0.717) is 6.04 Å². The Hall–Kier alpha value is -0.290. The molecule has 2 heterocycles. The van der Waals surface area contributed by atoms with Crippen LogP contribution in [0.4, 0.5) is 0 Å². The number of nitrogens with one attached hydrogen (secondary N) is 1. The summed E-state index contributed by atoms with van der Waals surface area (Å²) >= 11 is 11.2. The van der Waals surface area contributed by atoms with Gasteiger partial charge in [-0.3, -0.25) is 0 Å². The highest BCUT2D eigenvalue weighted by molar-refractivity contribution is 9.10. The van der Waals surface area contributed by atoms with Crippen molar-refractivity contribution in [2.45, 2.75) is 46.2 Å². The van der Waals surface area contributed by atoms with Crippen molar-refractivity contribution in [2.24, 2.45) is 5.41 Å². The third-order valence-electron chi connectivity index (χ3n) is 3.96. The Labute approximate surface area is 143 Å². The molecular formula is C16H19BrClNOS. The zero-order chi connectivity index (χ0) is 15.2. The Morgan fingerprint density at radius 3 is 2.90 bits per heavy atom. The van der Waals surface area contributed by atoms with Crippen molar-refractivity contribution >= 4 is 38.9 Å². The topological polar surface area (TPSA) is 25.2 Å². The number of hydrogen-bond donors (Lipinski definition) is 1. The molecule has 0 fully saturated rings. The minimum absolute atomic E-state index is 0.267. The zero-order valence-electron chi connectivity index (χ0n) is 12.4. The quantitative estimate of drug-likeness (QED) is 0.711. The van der Waals surface area contributed by atoms with Crippen molar-refractivity contribution in [3.05, 3.63) is 42.9 Å². The first-order valence-electron chi connectivity index (χ1n) is 7.10. The third-order valence-corrected chi connectivity index (χ3v) is 6.43. The SMILES string of the molecule is Cc1cc2c(o1)CC(C)(C)CC2NCc1cc(Br)c(Cl)s1. The second-order valence-electron chi connectivity index (χ2n) is 6.55. The fourth-order valence-electron chi connectivity index (χ4n) is 3.07. The van der Waals surface area contributed by atoms with Crippen LogP contribution < -0.4 is 5.32 Å². The molecule has 2 aromatic rings. The highest BCUT2D eigenvalue weighted by Crippen LogP contribution is 2.42. The van der Waals surface area contributed by atoms with E-state index in [0.717, 1.165) is 39.7 Å². The standard InChI is InChI=1S/C16H19BrClNOS/c1-9-4-11-13(6-16(2,3)7-14(11)20-9)19-8-10-5-12(17)15(18)21-10/h4-5,13,19H,6-8H2,1-3H3. The van der Waals surface area contributed by atoms with Crippen LogP contribution in [0, 0.1) is 12.3 Å². The number of aryl methyl sites for hydroxylation is 1. The molecule has 1 N–H and O–H groups in total. The maximum absolute atomic E-state index is 6.11. The van der Waals surface area contributed by atoms with Crippen LogP contribution in [0.1, 0.15) is 48.3 Å². The van der Waals surface area contributed by atoms with Gasteiger partial charge < -0.3 is 9.73 Å². The summed E-state index contributed by atoms with van der Waals surface area (Å²) in [5.74, 6) is 2.15. The van der Waals surface area contributed by atoms with Gasteiger partial charge in [0.15, 0.2) is 0 Å². The Balaban J connectivity index is 1.78. The smallest absolute Gasteiger partial charge is 0.109 e. The van der Waals surface area contributed by atoms with Crippen molar-refractivity contribution in [2.75, 3.05) is 0 Å². The van der Waals surface area contributed by atoms with Crippen molar-refractivity contribution in [3.8, 4) is 0 Å². The van der Waals surface area contributed by atoms with Gasteiger partial charge >= 0.3 is 0 Å². The van der Waals surface area contributed by atoms with Gasteiger partial charge in [-0.2, -0.15) is 0 Å². The first kappa shape index (κ1) is 15.6. The van der Waals surface area contributed by atoms with Crippen LogP contribution in [-0.2, 0) is 13.0 Å². The minimum Gasteiger partial charge on any atom is -0.466 e. The molecule has 21 heavy (non-hydrogen) atoms. The van der Waals surface area contributed by atoms with Gasteiger partial charge in [0.05, 0.1) is 0 Å². The Bertz CT molecular complexity index is 642. The minimum atomic E-state index is 0.267. The second kappa shape index (κ2) is 5.73. The highest BCUT2D eigenvalue weighted by Gasteiger charge is 2.34. The molecule has 2 aromatic heterocycles. The monoisotopic (exact) mass is 387 g/mol. The lowest BCUT2D eigenvalue weighted by molar-refractivity contribution is 0.234. The van der Waals surface area contributed by atoms with E-state index in [9.17, 15) is 0 Å². The molecule has 0 aromatic carbocycles. The number of fused-ring (bicyclic) bond motifs is 1. The number of furan rings is 1.